The maximum absolute atomic E-state index is 12.1. The Hall–Kier alpha value is -3.68. The summed E-state index contributed by atoms with van der Waals surface area (Å²) in [6.07, 6.45) is 1.42. The summed E-state index contributed by atoms with van der Waals surface area (Å²) in [6.45, 7) is 4.01. The molecule has 3 aliphatic rings. The van der Waals surface area contributed by atoms with E-state index in [1.807, 2.05) is 18.2 Å². The number of primary amides is 1. The highest BCUT2D eigenvalue weighted by Crippen LogP contribution is 2.45. The quantitative estimate of drug-likeness (QED) is 0.403. The second-order valence-corrected chi connectivity index (χ2v) is 11.1. The summed E-state index contributed by atoms with van der Waals surface area (Å²) < 4.78 is 5.71. The molecule has 0 spiro atoms. The predicted octanol–water partition coefficient (Wildman–Crippen LogP) is 4.16. The van der Waals surface area contributed by atoms with Crippen LogP contribution in [-0.4, -0.2) is 56.0 Å². The molecular formula is C33H40N4O3. The Balaban J connectivity index is 1.53. The van der Waals surface area contributed by atoms with E-state index in [-0.39, 0.29) is 35.7 Å². The molecule has 3 aromatic rings. The molecule has 210 valence electrons. The maximum atomic E-state index is 12.1. The van der Waals surface area contributed by atoms with Crippen LogP contribution in [0.3, 0.4) is 0 Å². The number of benzene rings is 3. The van der Waals surface area contributed by atoms with Crippen molar-refractivity contribution >= 4 is 17.5 Å². The van der Waals surface area contributed by atoms with Crippen LogP contribution in [0.1, 0.15) is 42.4 Å². The van der Waals surface area contributed by atoms with E-state index in [1.54, 1.807) is 26.0 Å². The smallest absolute Gasteiger partial charge is 0.223 e. The second-order valence-electron chi connectivity index (χ2n) is 11.1. The third kappa shape index (κ3) is 5.76. The number of carbonyl (C=O) groups excluding carboxylic acids is 2. The number of nitrogens with zero attached hydrogens (tertiary/aromatic N) is 2. The van der Waals surface area contributed by atoms with Gasteiger partial charge in [-0.05, 0) is 54.1 Å². The minimum atomic E-state index is -0.238. The first-order valence-corrected chi connectivity index (χ1v) is 14.1. The minimum Gasteiger partial charge on any atom is -0.496 e. The van der Waals surface area contributed by atoms with Gasteiger partial charge in [0.1, 0.15) is 5.75 Å². The molecule has 0 aliphatic carbocycles. The number of nitrogens with two attached hydrogens (primary N) is 1. The molecule has 3 fully saturated rings. The monoisotopic (exact) mass is 540 g/mol. The molecule has 7 heteroatoms. The van der Waals surface area contributed by atoms with Crippen molar-refractivity contribution in [3.63, 3.8) is 0 Å². The lowest BCUT2D eigenvalue weighted by Crippen LogP contribution is -2.67. The van der Waals surface area contributed by atoms with Crippen molar-refractivity contribution in [1.82, 2.24) is 10.2 Å². The zero-order chi connectivity index (χ0) is 28.2. The third-order valence-corrected chi connectivity index (χ3v) is 8.85. The number of amides is 2. The highest BCUT2D eigenvalue weighted by atomic mass is 16.5. The van der Waals surface area contributed by atoms with Crippen molar-refractivity contribution in [2.24, 2.45) is 17.6 Å². The lowest BCUT2D eigenvalue weighted by atomic mass is 9.66. The Morgan fingerprint density at radius 2 is 1.70 bits per heavy atom. The molecule has 0 aromatic heterocycles. The number of ether oxygens (including phenoxy) is 1. The Morgan fingerprint density at radius 3 is 2.27 bits per heavy atom. The first-order valence-electron chi connectivity index (χ1n) is 14.1. The van der Waals surface area contributed by atoms with Gasteiger partial charge in [0.15, 0.2) is 0 Å². The van der Waals surface area contributed by atoms with Crippen molar-refractivity contribution in [3.05, 3.63) is 95.6 Å². The Labute approximate surface area is 237 Å². The van der Waals surface area contributed by atoms with E-state index >= 15 is 0 Å². The van der Waals surface area contributed by atoms with Crippen molar-refractivity contribution in [2.45, 2.75) is 44.3 Å². The molecule has 3 N–H and O–H groups in total. The Kier molecular flexibility index (Phi) is 8.52. The minimum absolute atomic E-state index is 0.0237. The number of carbonyl (C=O) groups is 2. The summed E-state index contributed by atoms with van der Waals surface area (Å²) in [7, 11) is 3.46. The number of hydrogen-bond acceptors (Lipinski definition) is 5. The van der Waals surface area contributed by atoms with Gasteiger partial charge >= 0.3 is 0 Å². The standard InChI is InChI=1S/C33H40N4O3/c1-22(38)36(2)27-14-15-29(40-3)25(18-27)20-35-32-28-16-17-37(21-26(28)19-30(34)39)33(32)31(23-10-6-4-7-11-23)24-12-8-5-9-13-24/h4-15,18,26,28,31-33,35H,16-17,19-21H2,1-3H3,(H2,34,39)/t26-,28-,32-,33+/m0/s1. The van der Waals surface area contributed by atoms with Crippen LogP contribution in [0.4, 0.5) is 5.69 Å². The van der Waals surface area contributed by atoms with Crippen molar-refractivity contribution in [2.75, 3.05) is 32.1 Å². The summed E-state index contributed by atoms with van der Waals surface area (Å²) >= 11 is 0. The SMILES string of the molecule is COc1ccc(N(C)C(C)=O)cc1CN[C@H]1[C@H]2CCN(C[C@@H]2CC(N)=O)[C@@H]1C(c1ccccc1)c1ccccc1. The van der Waals surface area contributed by atoms with Gasteiger partial charge in [0.25, 0.3) is 0 Å². The summed E-state index contributed by atoms with van der Waals surface area (Å²) in [5, 5.41) is 3.94. The van der Waals surface area contributed by atoms with Gasteiger partial charge in [0, 0.05) is 62.7 Å². The molecule has 3 aliphatic heterocycles. The van der Waals surface area contributed by atoms with E-state index in [4.69, 9.17) is 10.5 Å². The number of piperidine rings is 3. The van der Waals surface area contributed by atoms with Gasteiger partial charge in [-0.2, -0.15) is 0 Å². The van der Waals surface area contributed by atoms with Crippen LogP contribution >= 0.6 is 0 Å². The topological polar surface area (TPSA) is 87.9 Å². The zero-order valence-electron chi connectivity index (χ0n) is 23.6. The summed E-state index contributed by atoms with van der Waals surface area (Å²) in [6, 6.07) is 27.7. The molecule has 6 rings (SSSR count). The van der Waals surface area contributed by atoms with Gasteiger partial charge in [-0.25, -0.2) is 0 Å². The lowest BCUT2D eigenvalue weighted by Gasteiger charge is -2.57. The number of hydrogen-bond donors (Lipinski definition) is 2. The first kappa shape index (κ1) is 27.9. The van der Waals surface area contributed by atoms with Crippen LogP contribution in [0.5, 0.6) is 5.75 Å². The van der Waals surface area contributed by atoms with Gasteiger partial charge in [-0.15, -0.1) is 0 Å². The molecule has 7 nitrogen and oxygen atoms in total. The first-order chi connectivity index (χ1) is 19.4. The zero-order valence-corrected chi connectivity index (χ0v) is 23.6. The third-order valence-electron chi connectivity index (χ3n) is 8.85. The maximum Gasteiger partial charge on any atom is 0.223 e. The van der Waals surface area contributed by atoms with Crippen LogP contribution in [-0.2, 0) is 16.1 Å². The molecule has 0 radical (unpaired) electrons. The van der Waals surface area contributed by atoms with Crippen molar-refractivity contribution in [3.8, 4) is 5.75 Å². The highest BCUT2D eigenvalue weighted by molar-refractivity contribution is 5.91. The fraction of sp³-hybridized carbons (Fsp3) is 0.394. The van der Waals surface area contributed by atoms with Gasteiger partial charge in [0.05, 0.1) is 7.11 Å². The summed E-state index contributed by atoms with van der Waals surface area (Å²) in [5.41, 5.74) is 10.1. The molecule has 3 heterocycles. The van der Waals surface area contributed by atoms with E-state index in [2.05, 4.69) is 70.9 Å². The van der Waals surface area contributed by atoms with E-state index in [0.29, 0.717) is 18.9 Å². The van der Waals surface area contributed by atoms with Gasteiger partial charge in [-0.3, -0.25) is 14.5 Å². The number of rotatable bonds is 10. The van der Waals surface area contributed by atoms with Crippen LogP contribution in [0.25, 0.3) is 0 Å². The number of fused-ring (bicyclic) bond motifs is 3. The molecule has 3 aromatic carbocycles. The lowest BCUT2D eigenvalue weighted by molar-refractivity contribution is -0.122. The molecule has 5 atom stereocenters. The molecule has 0 saturated carbocycles. The molecule has 3 saturated heterocycles. The molecular weight excluding hydrogens is 500 g/mol. The molecule has 1 unspecified atom stereocenters. The number of anilines is 1. The normalized spacial score (nSPS) is 23.6. The van der Waals surface area contributed by atoms with E-state index < -0.39 is 0 Å². The molecule has 40 heavy (non-hydrogen) atoms. The van der Waals surface area contributed by atoms with Crippen LogP contribution < -0.4 is 20.7 Å². The summed E-state index contributed by atoms with van der Waals surface area (Å²) in [5.74, 6) is 1.20. The van der Waals surface area contributed by atoms with Gasteiger partial charge < -0.3 is 20.7 Å². The fourth-order valence-corrected chi connectivity index (χ4v) is 6.90. The Morgan fingerprint density at radius 1 is 1.05 bits per heavy atom. The average Bonchev–Trinajstić information content (AvgIpc) is 2.97. The predicted molar refractivity (Wildman–Crippen MR) is 158 cm³/mol. The van der Waals surface area contributed by atoms with E-state index in [9.17, 15) is 9.59 Å². The van der Waals surface area contributed by atoms with E-state index in [1.165, 1.54) is 11.1 Å². The fourth-order valence-electron chi connectivity index (χ4n) is 6.90. The number of methoxy groups -OCH3 is 1. The van der Waals surface area contributed by atoms with Crippen molar-refractivity contribution in [1.29, 1.82) is 0 Å². The van der Waals surface area contributed by atoms with Crippen LogP contribution in [0, 0.1) is 11.8 Å². The van der Waals surface area contributed by atoms with E-state index in [0.717, 1.165) is 36.5 Å². The van der Waals surface area contributed by atoms with Crippen molar-refractivity contribution < 1.29 is 14.3 Å². The molecule has 2 bridgehead atoms. The highest BCUT2D eigenvalue weighted by Gasteiger charge is 2.50. The second kappa shape index (κ2) is 12.2. The molecule has 2 amide bonds. The average molecular weight is 541 g/mol. The van der Waals surface area contributed by atoms with Crippen LogP contribution in [0.2, 0.25) is 0 Å². The van der Waals surface area contributed by atoms with Crippen LogP contribution in [0.15, 0.2) is 78.9 Å². The number of nitrogens with one attached hydrogen (secondary N) is 1. The van der Waals surface area contributed by atoms with Gasteiger partial charge in [0.2, 0.25) is 11.8 Å². The summed E-state index contributed by atoms with van der Waals surface area (Å²) in [4.78, 5) is 28.3. The largest absolute Gasteiger partial charge is 0.496 e. The Bertz CT molecular complexity index is 1280. The van der Waals surface area contributed by atoms with Gasteiger partial charge in [-0.1, -0.05) is 60.7 Å².